The summed E-state index contributed by atoms with van der Waals surface area (Å²) in [4.78, 5) is 11.8. The molecule has 0 aliphatic carbocycles. The molecule has 152 valence electrons. The number of nitrogens with one attached hydrogen (secondary N) is 1. The molecule has 3 N–H and O–H groups in total. The molecule has 28 heavy (non-hydrogen) atoms. The van der Waals surface area contributed by atoms with Crippen molar-refractivity contribution in [2.24, 2.45) is 16.6 Å². The number of anilines is 1. The molecule has 0 radical (unpaired) electrons. The van der Waals surface area contributed by atoms with Crippen LogP contribution in [0.1, 0.15) is 36.0 Å². The molecule has 1 saturated heterocycles. The first-order valence-electron chi connectivity index (χ1n) is 9.97. The van der Waals surface area contributed by atoms with Gasteiger partial charge in [-0.25, -0.2) is 4.98 Å². The van der Waals surface area contributed by atoms with E-state index in [-0.39, 0.29) is 0 Å². The number of methoxy groups -OCH3 is 1. The fourth-order valence-electron chi connectivity index (χ4n) is 3.47. The van der Waals surface area contributed by atoms with Gasteiger partial charge in [0.15, 0.2) is 5.96 Å². The molecule has 0 atom stereocenters. The number of aromatic nitrogens is 1. The highest BCUT2D eigenvalue weighted by molar-refractivity contribution is 7.09. The molecule has 6 nitrogen and oxygen atoms in total. The van der Waals surface area contributed by atoms with Crippen molar-refractivity contribution in [3.8, 4) is 0 Å². The number of benzene rings is 1. The summed E-state index contributed by atoms with van der Waals surface area (Å²) >= 11 is 1.77. The lowest BCUT2D eigenvalue weighted by Gasteiger charge is -2.30. The van der Waals surface area contributed by atoms with Crippen LogP contribution >= 0.6 is 11.3 Å². The minimum Gasteiger partial charge on any atom is -0.380 e. The van der Waals surface area contributed by atoms with E-state index in [1.165, 1.54) is 10.7 Å². The largest absolute Gasteiger partial charge is 0.380 e. The van der Waals surface area contributed by atoms with Gasteiger partial charge in [0.2, 0.25) is 0 Å². The highest BCUT2D eigenvalue weighted by Gasteiger charge is 2.19. The van der Waals surface area contributed by atoms with Gasteiger partial charge in [-0.05, 0) is 44.3 Å². The minimum atomic E-state index is 0.473. The number of guanidine groups is 1. The maximum atomic E-state index is 6.11. The van der Waals surface area contributed by atoms with Crippen molar-refractivity contribution in [3.05, 3.63) is 45.9 Å². The smallest absolute Gasteiger partial charge is 0.193 e. The van der Waals surface area contributed by atoms with E-state index in [2.05, 4.69) is 32.5 Å². The van der Waals surface area contributed by atoms with Gasteiger partial charge >= 0.3 is 0 Å². The fraction of sp³-hybridized carbons (Fsp3) is 0.524. The Morgan fingerprint density at radius 3 is 2.86 bits per heavy atom. The third-order valence-electron chi connectivity index (χ3n) is 5.09. The van der Waals surface area contributed by atoms with Crippen LogP contribution in [0.3, 0.4) is 0 Å². The second kappa shape index (κ2) is 10.5. The van der Waals surface area contributed by atoms with Crippen LogP contribution in [0, 0.1) is 5.92 Å². The summed E-state index contributed by atoms with van der Waals surface area (Å²) in [5, 5.41) is 6.64. The number of thiazole rings is 1. The van der Waals surface area contributed by atoms with Crippen LogP contribution in [-0.4, -0.2) is 42.6 Å². The Hall–Kier alpha value is -1.96. The first kappa shape index (κ1) is 20.8. The van der Waals surface area contributed by atoms with E-state index in [1.54, 1.807) is 18.4 Å². The van der Waals surface area contributed by atoms with E-state index in [4.69, 9.17) is 10.5 Å². The highest BCUT2D eigenvalue weighted by Crippen LogP contribution is 2.21. The molecule has 3 rings (SSSR count). The summed E-state index contributed by atoms with van der Waals surface area (Å²) < 4.78 is 5.24. The fourth-order valence-corrected chi connectivity index (χ4v) is 4.20. The summed E-state index contributed by atoms with van der Waals surface area (Å²) in [6.45, 7) is 6.65. The van der Waals surface area contributed by atoms with E-state index in [0.29, 0.717) is 18.5 Å². The normalized spacial score (nSPS) is 16.4. The Morgan fingerprint density at radius 1 is 1.36 bits per heavy atom. The van der Waals surface area contributed by atoms with Crippen LogP contribution in [0.5, 0.6) is 0 Å². The number of nitrogens with zero attached hydrogens (tertiary/aromatic N) is 3. The Balaban J connectivity index is 1.44. The van der Waals surface area contributed by atoms with Gasteiger partial charge in [-0.3, -0.25) is 9.89 Å². The molecule has 7 heteroatoms. The van der Waals surface area contributed by atoms with Crippen LogP contribution in [0.25, 0.3) is 0 Å². The van der Waals surface area contributed by atoms with Crippen molar-refractivity contribution in [1.29, 1.82) is 0 Å². The van der Waals surface area contributed by atoms with E-state index in [9.17, 15) is 0 Å². The van der Waals surface area contributed by atoms with Gasteiger partial charge in [0, 0.05) is 36.8 Å². The number of ether oxygens (including phenoxy) is 1. The molecule has 1 fully saturated rings. The zero-order valence-electron chi connectivity index (χ0n) is 16.9. The predicted molar refractivity (Wildman–Crippen MR) is 117 cm³/mol. The Kier molecular flexibility index (Phi) is 7.82. The monoisotopic (exact) mass is 401 g/mol. The maximum absolute atomic E-state index is 6.11. The molecule has 2 aromatic rings. The molecule has 0 saturated carbocycles. The number of nitrogens with two attached hydrogens (primary N) is 1. The van der Waals surface area contributed by atoms with Crippen LogP contribution in [0.2, 0.25) is 0 Å². The van der Waals surface area contributed by atoms with E-state index >= 15 is 0 Å². The Labute approximate surface area is 171 Å². The molecule has 1 aliphatic rings. The zero-order valence-corrected chi connectivity index (χ0v) is 17.7. The number of aryl methyl sites for hydroxylation is 1. The second-order valence-corrected chi connectivity index (χ2v) is 8.19. The Bertz CT molecular complexity index is 768. The number of piperidine rings is 1. The number of rotatable bonds is 8. The first-order chi connectivity index (χ1) is 13.7. The standard InChI is InChI=1S/C21H31N5OS/c1-3-20-24-18(15-28-20)13-26-10-8-16(9-11-26)12-23-21(22)25-19-7-5-4-6-17(19)14-27-2/h4-7,15-16H,3,8-14H2,1-2H3,(H3,22,23,25). The summed E-state index contributed by atoms with van der Waals surface area (Å²) in [5.74, 6) is 1.06. The lowest BCUT2D eigenvalue weighted by atomic mass is 9.97. The Morgan fingerprint density at radius 2 is 2.14 bits per heavy atom. The van der Waals surface area contributed by atoms with Crippen LogP contribution in [0.15, 0.2) is 34.6 Å². The maximum Gasteiger partial charge on any atom is 0.193 e. The molecule has 1 aromatic heterocycles. The summed E-state index contributed by atoms with van der Waals surface area (Å²) in [6.07, 6.45) is 3.33. The number of para-hydroxylation sites is 1. The third-order valence-corrected chi connectivity index (χ3v) is 6.14. The molecular weight excluding hydrogens is 370 g/mol. The topological polar surface area (TPSA) is 75.8 Å². The van der Waals surface area contributed by atoms with Gasteiger partial charge < -0.3 is 15.8 Å². The van der Waals surface area contributed by atoms with Gasteiger partial charge in [0.05, 0.1) is 17.3 Å². The lowest BCUT2D eigenvalue weighted by molar-refractivity contribution is 0.179. The predicted octanol–water partition coefficient (Wildman–Crippen LogP) is 3.49. The zero-order chi connectivity index (χ0) is 19.8. The highest BCUT2D eigenvalue weighted by atomic mass is 32.1. The quantitative estimate of drug-likeness (QED) is 0.523. The molecule has 0 spiro atoms. The average Bonchev–Trinajstić information content (AvgIpc) is 3.17. The van der Waals surface area contributed by atoms with Crippen molar-refractivity contribution in [1.82, 2.24) is 9.88 Å². The van der Waals surface area contributed by atoms with E-state index in [0.717, 1.165) is 56.7 Å². The SMILES string of the molecule is CCc1nc(CN2CCC(CN=C(N)Nc3ccccc3COC)CC2)cs1. The number of aliphatic imine (C=N–C) groups is 1. The number of likely N-dealkylation sites (tertiary alicyclic amines) is 1. The summed E-state index contributed by atoms with van der Waals surface area (Å²) in [7, 11) is 1.69. The third kappa shape index (κ3) is 6.02. The van der Waals surface area contributed by atoms with Crippen LogP contribution < -0.4 is 11.1 Å². The van der Waals surface area contributed by atoms with Crippen molar-refractivity contribution in [3.63, 3.8) is 0 Å². The van der Waals surface area contributed by atoms with Gasteiger partial charge in [-0.15, -0.1) is 11.3 Å². The number of hydrogen-bond acceptors (Lipinski definition) is 5. The lowest BCUT2D eigenvalue weighted by Crippen LogP contribution is -2.34. The van der Waals surface area contributed by atoms with Crippen molar-refractivity contribution < 1.29 is 4.74 Å². The summed E-state index contributed by atoms with van der Waals surface area (Å²) in [5.41, 5.74) is 9.35. The van der Waals surface area contributed by atoms with Gasteiger partial charge in [-0.1, -0.05) is 25.1 Å². The molecule has 1 aliphatic heterocycles. The van der Waals surface area contributed by atoms with Crippen LogP contribution in [-0.2, 0) is 24.3 Å². The number of hydrogen-bond donors (Lipinski definition) is 2. The minimum absolute atomic E-state index is 0.473. The first-order valence-corrected chi connectivity index (χ1v) is 10.8. The second-order valence-electron chi connectivity index (χ2n) is 7.25. The van der Waals surface area contributed by atoms with Crippen molar-refractivity contribution in [2.45, 2.75) is 39.3 Å². The summed E-state index contributed by atoms with van der Waals surface area (Å²) in [6, 6.07) is 8.00. The van der Waals surface area contributed by atoms with Gasteiger partial charge in [0.1, 0.15) is 0 Å². The van der Waals surface area contributed by atoms with Crippen molar-refractivity contribution >= 4 is 23.0 Å². The molecule has 2 heterocycles. The molecular formula is C21H31N5OS. The average molecular weight is 402 g/mol. The molecule has 0 unspecified atom stereocenters. The molecule has 1 aromatic carbocycles. The van der Waals surface area contributed by atoms with Crippen molar-refractivity contribution in [2.75, 3.05) is 32.1 Å². The van der Waals surface area contributed by atoms with Gasteiger partial charge in [-0.2, -0.15) is 0 Å². The molecule has 0 bridgehead atoms. The van der Waals surface area contributed by atoms with E-state index in [1.807, 2.05) is 24.3 Å². The molecule has 0 amide bonds. The van der Waals surface area contributed by atoms with Gasteiger partial charge in [0.25, 0.3) is 0 Å². The van der Waals surface area contributed by atoms with Crippen LogP contribution in [0.4, 0.5) is 5.69 Å². The van der Waals surface area contributed by atoms with E-state index < -0.39 is 0 Å².